The zero-order valence-electron chi connectivity index (χ0n) is 11.8. The monoisotopic (exact) mass is 325 g/mol. The van der Waals surface area contributed by atoms with Gasteiger partial charge in [-0.2, -0.15) is 0 Å². The molecule has 1 saturated carbocycles. The number of hydrogen-bond donors (Lipinski definition) is 2. The van der Waals surface area contributed by atoms with Crippen LogP contribution in [0.2, 0.25) is 5.02 Å². The molecule has 21 heavy (non-hydrogen) atoms. The zero-order chi connectivity index (χ0) is 14.8. The van der Waals surface area contributed by atoms with E-state index in [2.05, 4.69) is 17.4 Å². The van der Waals surface area contributed by atoms with E-state index in [9.17, 15) is 4.79 Å². The van der Waals surface area contributed by atoms with Gasteiger partial charge in [0, 0.05) is 22.0 Å². The predicted molar refractivity (Wildman–Crippen MR) is 86.1 cm³/mol. The van der Waals surface area contributed by atoms with E-state index < -0.39 is 5.97 Å². The number of nitrogens with one attached hydrogen (secondary N) is 1. The van der Waals surface area contributed by atoms with Crippen molar-refractivity contribution in [2.24, 2.45) is 5.92 Å². The molecule has 5 heteroatoms. The zero-order valence-corrected chi connectivity index (χ0v) is 13.4. The summed E-state index contributed by atoms with van der Waals surface area (Å²) in [6.45, 7) is 0. The second-order valence-corrected chi connectivity index (χ2v) is 7.50. The molecule has 0 radical (unpaired) electrons. The van der Waals surface area contributed by atoms with Crippen LogP contribution >= 0.6 is 23.4 Å². The molecule has 0 saturated heterocycles. The summed E-state index contributed by atoms with van der Waals surface area (Å²) in [7, 11) is 0. The molecule has 1 heterocycles. The van der Waals surface area contributed by atoms with Gasteiger partial charge in [0.15, 0.2) is 0 Å². The Balaban J connectivity index is 1.65. The number of fused-ring (bicyclic) bond motifs is 1. The van der Waals surface area contributed by atoms with Gasteiger partial charge in [0.2, 0.25) is 0 Å². The Kier molecular flexibility index (Phi) is 4.77. The minimum atomic E-state index is -0.639. The topological polar surface area (TPSA) is 49.3 Å². The number of benzene rings is 1. The van der Waals surface area contributed by atoms with Crippen LogP contribution in [0.1, 0.15) is 43.7 Å². The summed E-state index contributed by atoms with van der Waals surface area (Å²) in [4.78, 5) is 12.3. The van der Waals surface area contributed by atoms with Crippen molar-refractivity contribution in [3.63, 3.8) is 0 Å². The number of hydrogen-bond acceptors (Lipinski definition) is 3. The van der Waals surface area contributed by atoms with Crippen LogP contribution in [0.25, 0.3) is 0 Å². The molecule has 1 aromatic rings. The largest absolute Gasteiger partial charge is 0.481 e. The third-order valence-corrected chi connectivity index (χ3v) is 5.88. The fourth-order valence-electron chi connectivity index (χ4n) is 3.33. The minimum absolute atomic E-state index is 0.147. The van der Waals surface area contributed by atoms with Gasteiger partial charge in [-0.25, -0.2) is 0 Å². The average molecular weight is 326 g/mol. The number of halogens is 1. The van der Waals surface area contributed by atoms with Crippen LogP contribution in [-0.2, 0) is 4.79 Å². The number of carboxylic acids is 1. The molecule has 2 aliphatic rings. The van der Waals surface area contributed by atoms with Gasteiger partial charge in [0.25, 0.3) is 0 Å². The summed E-state index contributed by atoms with van der Waals surface area (Å²) in [5.41, 5.74) is 1.30. The number of carboxylic acid groups (broad SMARTS) is 1. The van der Waals surface area contributed by atoms with E-state index in [1.165, 1.54) is 10.5 Å². The fourth-order valence-corrected chi connectivity index (χ4v) is 4.62. The van der Waals surface area contributed by atoms with E-state index in [1.54, 1.807) is 0 Å². The Morgan fingerprint density at radius 2 is 2.00 bits per heavy atom. The predicted octanol–water partition coefficient (Wildman–Crippen LogP) is 4.11. The van der Waals surface area contributed by atoms with Crippen LogP contribution < -0.4 is 5.32 Å². The molecule has 3 nitrogen and oxygen atoms in total. The molecule has 2 N–H and O–H groups in total. The summed E-state index contributed by atoms with van der Waals surface area (Å²) >= 11 is 8.03. The Bertz CT molecular complexity index is 529. The van der Waals surface area contributed by atoms with Gasteiger partial charge in [-0.15, -0.1) is 11.8 Å². The Morgan fingerprint density at radius 1 is 1.24 bits per heavy atom. The normalized spacial score (nSPS) is 28.9. The van der Waals surface area contributed by atoms with Gasteiger partial charge in [-0.1, -0.05) is 11.6 Å². The highest BCUT2D eigenvalue weighted by molar-refractivity contribution is 7.99. The SMILES string of the molecule is O=C(O)C1CCC(NC2CCSc3ccc(Cl)cc32)CC1. The molecule has 3 rings (SSSR count). The molecular weight excluding hydrogens is 306 g/mol. The molecule has 1 aliphatic heterocycles. The summed E-state index contributed by atoms with van der Waals surface area (Å²) in [6, 6.07) is 6.92. The highest BCUT2D eigenvalue weighted by Crippen LogP contribution is 2.38. The van der Waals surface area contributed by atoms with Crippen LogP contribution in [0.5, 0.6) is 0 Å². The van der Waals surface area contributed by atoms with Crippen LogP contribution in [0.4, 0.5) is 0 Å². The summed E-state index contributed by atoms with van der Waals surface area (Å²) in [5.74, 6) is 0.336. The maximum Gasteiger partial charge on any atom is 0.306 e. The quantitative estimate of drug-likeness (QED) is 0.878. The lowest BCUT2D eigenvalue weighted by molar-refractivity contribution is -0.142. The van der Waals surface area contributed by atoms with Crippen LogP contribution in [0.3, 0.4) is 0 Å². The lowest BCUT2D eigenvalue weighted by Gasteiger charge is -2.33. The molecular formula is C16H20ClNO2S. The Morgan fingerprint density at radius 3 is 2.71 bits per heavy atom. The van der Waals surface area contributed by atoms with Crippen molar-refractivity contribution >= 4 is 29.3 Å². The number of aliphatic carboxylic acids is 1. The fraction of sp³-hybridized carbons (Fsp3) is 0.562. The first kappa shape index (κ1) is 15.2. The molecule has 1 atom stereocenters. The molecule has 114 valence electrons. The molecule has 0 spiro atoms. The van der Waals surface area contributed by atoms with Gasteiger partial charge in [0.05, 0.1) is 5.92 Å². The van der Waals surface area contributed by atoms with E-state index >= 15 is 0 Å². The average Bonchev–Trinajstić information content (AvgIpc) is 2.48. The molecule has 0 aromatic heterocycles. The number of thioether (sulfide) groups is 1. The summed E-state index contributed by atoms with van der Waals surface area (Å²) in [6.07, 6.45) is 4.59. The van der Waals surface area contributed by atoms with Crippen LogP contribution in [-0.4, -0.2) is 22.9 Å². The third kappa shape index (κ3) is 3.55. The van der Waals surface area contributed by atoms with E-state index in [1.807, 2.05) is 17.8 Å². The second kappa shape index (κ2) is 6.59. The minimum Gasteiger partial charge on any atom is -0.481 e. The Hall–Kier alpha value is -0.710. The van der Waals surface area contributed by atoms with Crippen LogP contribution in [0.15, 0.2) is 23.1 Å². The molecule has 0 bridgehead atoms. The van der Waals surface area contributed by atoms with Crippen molar-refractivity contribution in [1.29, 1.82) is 0 Å². The second-order valence-electron chi connectivity index (χ2n) is 5.93. The Labute approximate surface area is 134 Å². The maximum absolute atomic E-state index is 11.0. The van der Waals surface area contributed by atoms with Crippen molar-refractivity contribution in [2.45, 2.75) is 49.1 Å². The lowest BCUT2D eigenvalue weighted by Crippen LogP contribution is -2.38. The molecule has 1 aromatic carbocycles. The lowest BCUT2D eigenvalue weighted by atomic mass is 9.85. The summed E-state index contributed by atoms with van der Waals surface area (Å²) < 4.78 is 0. The molecule has 1 fully saturated rings. The van der Waals surface area contributed by atoms with E-state index in [-0.39, 0.29) is 5.92 Å². The summed E-state index contributed by atoms with van der Waals surface area (Å²) in [5, 5.41) is 13.6. The van der Waals surface area contributed by atoms with Crippen molar-refractivity contribution < 1.29 is 9.90 Å². The first-order valence-corrected chi connectivity index (χ1v) is 8.91. The van der Waals surface area contributed by atoms with Gasteiger partial charge in [0.1, 0.15) is 0 Å². The first-order chi connectivity index (χ1) is 10.1. The van der Waals surface area contributed by atoms with Crippen molar-refractivity contribution in [1.82, 2.24) is 5.32 Å². The van der Waals surface area contributed by atoms with E-state index in [0.29, 0.717) is 12.1 Å². The standard InChI is InChI=1S/C16H20ClNO2S/c17-11-3-6-15-13(9-11)14(7-8-21-15)18-12-4-1-10(2-5-12)16(19)20/h3,6,9-10,12,14,18H,1-2,4-5,7-8H2,(H,19,20). The van der Waals surface area contributed by atoms with Crippen molar-refractivity contribution in [2.75, 3.05) is 5.75 Å². The molecule has 1 unspecified atom stereocenters. The van der Waals surface area contributed by atoms with E-state index in [0.717, 1.165) is 42.9 Å². The first-order valence-electron chi connectivity index (χ1n) is 7.54. The van der Waals surface area contributed by atoms with Gasteiger partial charge in [-0.05, 0) is 61.6 Å². The number of rotatable bonds is 3. The van der Waals surface area contributed by atoms with Crippen molar-refractivity contribution in [3.8, 4) is 0 Å². The molecule has 1 aliphatic carbocycles. The third-order valence-electron chi connectivity index (χ3n) is 4.52. The number of carbonyl (C=O) groups is 1. The highest BCUT2D eigenvalue weighted by Gasteiger charge is 2.29. The smallest absolute Gasteiger partial charge is 0.306 e. The van der Waals surface area contributed by atoms with Gasteiger partial charge in [-0.3, -0.25) is 4.79 Å². The van der Waals surface area contributed by atoms with Gasteiger partial charge < -0.3 is 10.4 Å². The van der Waals surface area contributed by atoms with Gasteiger partial charge >= 0.3 is 5.97 Å². The van der Waals surface area contributed by atoms with E-state index in [4.69, 9.17) is 16.7 Å². The van der Waals surface area contributed by atoms with Crippen LogP contribution in [0, 0.1) is 5.92 Å². The maximum atomic E-state index is 11.0. The molecule has 0 amide bonds. The highest BCUT2D eigenvalue weighted by atomic mass is 35.5. The van der Waals surface area contributed by atoms with Crippen molar-refractivity contribution in [3.05, 3.63) is 28.8 Å².